The normalized spacial score (nSPS) is 26.8. The van der Waals surface area contributed by atoms with Crippen LogP contribution in [0.2, 0.25) is 0 Å². The third-order valence-corrected chi connectivity index (χ3v) is 6.50. The predicted octanol–water partition coefficient (Wildman–Crippen LogP) is 2.85. The molecule has 3 aliphatic rings. The van der Waals surface area contributed by atoms with Crippen LogP contribution in [0.25, 0.3) is 0 Å². The standard InChI is InChI=1S/C23H28N2O6/c1-3-30-22(27)19-18(12-31-21(26)17-11-13-4-5-15(17)10-13)24-23(28)25-20(19)14-6-8-16(29-2)9-7-14/h6-9,13,15,17,20H,3-5,10-12H2,1-2H3,(H2,24,25,28). The molecule has 4 atom stereocenters. The Labute approximate surface area is 181 Å². The van der Waals surface area contributed by atoms with E-state index in [1.54, 1.807) is 38.3 Å². The molecule has 4 unspecified atom stereocenters. The molecule has 2 aliphatic carbocycles. The molecule has 8 nitrogen and oxygen atoms in total. The van der Waals surface area contributed by atoms with Crippen molar-refractivity contribution >= 4 is 18.0 Å². The van der Waals surface area contributed by atoms with E-state index in [1.807, 2.05) is 0 Å². The van der Waals surface area contributed by atoms with Crippen LogP contribution < -0.4 is 15.4 Å². The van der Waals surface area contributed by atoms with Crippen LogP contribution >= 0.6 is 0 Å². The summed E-state index contributed by atoms with van der Waals surface area (Å²) < 4.78 is 16.0. The van der Waals surface area contributed by atoms with E-state index in [2.05, 4.69) is 10.6 Å². The van der Waals surface area contributed by atoms with Gasteiger partial charge in [-0.05, 0) is 55.7 Å². The van der Waals surface area contributed by atoms with E-state index in [0.717, 1.165) is 19.3 Å². The molecule has 2 bridgehead atoms. The summed E-state index contributed by atoms with van der Waals surface area (Å²) in [6, 6.07) is 5.85. The van der Waals surface area contributed by atoms with Crippen molar-refractivity contribution in [2.75, 3.05) is 20.3 Å². The lowest BCUT2D eigenvalue weighted by Crippen LogP contribution is -2.47. The number of ether oxygens (including phenoxy) is 3. The van der Waals surface area contributed by atoms with E-state index >= 15 is 0 Å². The molecule has 2 saturated carbocycles. The molecule has 2 amide bonds. The number of nitrogens with one attached hydrogen (secondary N) is 2. The van der Waals surface area contributed by atoms with Gasteiger partial charge in [-0.1, -0.05) is 18.6 Å². The average molecular weight is 428 g/mol. The van der Waals surface area contributed by atoms with Crippen molar-refractivity contribution < 1.29 is 28.6 Å². The van der Waals surface area contributed by atoms with Gasteiger partial charge in [0.25, 0.3) is 0 Å². The first-order chi connectivity index (χ1) is 15.0. The number of hydrogen-bond donors (Lipinski definition) is 2. The highest BCUT2D eigenvalue weighted by Gasteiger charge is 2.44. The molecule has 1 aromatic carbocycles. The zero-order valence-electron chi connectivity index (χ0n) is 17.8. The van der Waals surface area contributed by atoms with E-state index in [9.17, 15) is 14.4 Å². The highest BCUT2D eigenvalue weighted by atomic mass is 16.5. The maximum atomic E-state index is 12.8. The molecular formula is C23H28N2O6. The fraction of sp³-hybridized carbons (Fsp3) is 0.522. The molecule has 0 radical (unpaired) electrons. The van der Waals surface area contributed by atoms with Gasteiger partial charge in [0.15, 0.2) is 0 Å². The van der Waals surface area contributed by atoms with Crippen LogP contribution in [-0.2, 0) is 19.1 Å². The van der Waals surface area contributed by atoms with Gasteiger partial charge in [-0.25, -0.2) is 9.59 Å². The fourth-order valence-corrected chi connectivity index (χ4v) is 5.01. The summed E-state index contributed by atoms with van der Waals surface area (Å²) in [6.45, 7) is 1.72. The Morgan fingerprint density at radius 2 is 1.87 bits per heavy atom. The smallest absolute Gasteiger partial charge is 0.338 e. The van der Waals surface area contributed by atoms with Gasteiger partial charge in [-0.3, -0.25) is 4.79 Å². The summed E-state index contributed by atoms with van der Waals surface area (Å²) in [4.78, 5) is 37.8. The van der Waals surface area contributed by atoms with E-state index in [0.29, 0.717) is 23.1 Å². The van der Waals surface area contributed by atoms with Gasteiger partial charge in [0.1, 0.15) is 12.4 Å². The van der Waals surface area contributed by atoms with Crippen LogP contribution in [-0.4, -0.2) is 38.3 Å². The molecule has 0 aromatic heterocycles. The monoisotopic (exact) mass is 428 g/mol. The molecule has 31 heavy (non-hydrogen) atoms. The van der Waals surface area contributed by atoms with Gasteiger partial charge < -0.3 is 24.8 Å². The van der Waals surface area contributed by atoms with E-state index in [4.69, 9.17) is 14.2 Å². The highest BCUT2D eigenvalue weighted by Crippen LogP contribution is 2.48. The van der Waals surface area contributed by atoms with Crippen molar-refractivity contribution in [2.24, 2.45) is 17.8 Å². The van der Waals surface area contributed by atoms with Gasteiger partial charge in [-0.15, -0.1) is 0 Å². The van der Waals surface area contributed by atoms with E-state index in [1.165, 1.54) is 6.42 Å². The molecule has 2 fully saturated rings. The van der Waals surface area contributed by atoms with E-state index in [-0.39, 0.29) is 36.4 Å². The Morgan fingerprint density at radius 3 is 2.48 bits per heavy atom. The lowest BCUT2D eigenvalue weighted by Gasteiger charge is -2.29. The minimum atomic E-state index is -0.727. The molecule has 166 valence electrons. The number of benzene rings is 1. The molecule has 1 aromatic rings. The average Bonchev–Trinajstić information content (AvgIpc) is 3.41. The van der Waals surface area contributed by atoms with Crippen LogP contribution in [0.5, 0.6) is 5.75 Å². The summed E-state index contributed by atoms with van der Waals surface area (Å²) in [5.74, 6) is 0.768. The molecule has 2 N–H and O–H groups in total. The van der Waals surface area contributed by atoms with Crippen LogP contribution in [0.3, 0.4) is 0 Å². The number of fused-ring (bicyclic) bond motifs is 2. The van der Waals surface area contributed by atoms with Crippen LogP contribution in [0, 0.1) is 17.8 Å². The number of carbonyl (C=O) groups is 3. The molecule has 4 rings (SSSR count). The first kappa shape index (κ1) is 21.2. The fourth-order valence-electron chi connectivity index (χ4n) is 5.01. The van der Waals surface area contributed by atoms with Crippen LogP contribution in [0.15, 0.2) is 35.5 Å². The Kier molecular flexibility index (Phi) is 6.15. The topological polar surface area (TPSA) is 103 Å². The van der Waals surface area contributed by atoms with Crippen molar-refractivity contribution in [1.82, 2.24) is 10.6 Å². The summed E-state index contributed by atoms with van der Waals surface area (Å²) in [7, 11) is 1.56. The van der Waals surface area contributed by atoms with Crippen LogP contribution in [0.4, 0.5) is 4.79 Å². The first-order valence-corrected chi connectivity index (χ1v) is 10.8. The Bertz CT molecular complexity index is 894. The Balaban J connectivity index is 1.57. The summed E-state index contributed by atoms with van der Waals surface area (Å²) >= 11 is 0. The summed E-state index contributed by atoms with van der Waals surface area (Å²) in [5, 5.41) is 5.40. The largest absolute Gasteiger partial charge is 0.497 e. The maximum absolute atomic E-state index is 12.8. The van der Waals surface area contributed by atoms with Crippen molar-refractivity contribution in [1.29, 1.82) is 0 Å². The Morgan fingerprint density at radius 1 is 1.10 bits per heavy atom. The molecule has 0 spiro atoms. The maximum Gasteiger partial charge on any atom is 0.338 e. The number of methoxy groups -OCH3 is 1. The van der Waals surface area contributed by atoms with Gasteiger partial charge in [-0.2, -0.15) is 0 Å². The second-order valence-corrected chi connectivity index (χ2v) is 8.31. The molecule has 0 saturated heterocycles. The number of amides is 2. The van der Waals surface area contributed by atoms with Gasteiger partial charge in [0.2, 0.25) is 0 Å². The number of carbonyl (C=O) groups excluding carboxylic acids is 3. The van der Waals surface area contributed by atoms with Gasteiger partial charge in [0, 0.05) is 0 Å². The SMILES string of the molecule is CCOC(=O)C1=C(COC(=O)C2CC3CCC2C3)NC(=O)NC1c1ccc(OC)cc1. The van der Waals surface area contributed by atoms with Gasteiger partial charge in [0.05, 0.1) is 36.9 Å². The van der Waals surface area contributed by atoms with Crippen molar-refractivity contribution in [3.8, 4) is 5.75 Å². The predicted molar refractivity (Wildman–Crippen MR) is 111 cm³/mol. The molecule has 1 aliphatic heterocycles. The van der Waals surface area contributed by atoms with E-state index < -0.39 is 18.0 Å². The molecule has 1 heterocycles. The Hall–Kier alpha value is -3.03. The molecular weight excluding hydrogens is 400 g/mol. The molecule has 8 heteroatoms. The minimum Gasteiger partial charge on any atom is -0.497 e. The van der Waals surface area contributed by atoms with Gasteiger partial charge >= 0.3 is 18.0 Å². The van der Waals surface area contributed by atoms with Crippen molar-refractivity contribution in [2.45, 2.75) is 38.6 Å². The lowest BCUT2D eigenvalue weighted by molar-refractivity contribution is -0.149. The quantitative estimate of drug-likeness (QED) is 0.648. The minimum absolute atomic E-state index is 0.0832. The van der Waals surface area contributed by atoms with Crippen LogP contribution in [0.1, 0.15) is 44.2 Å². The lowest BCUT2D eigenvalue weighted by atomic mass is 9.89. The van der Waals surface area contributed by atoms with Crippen molar-refractivity contribution in [3.63, 3.8) is 0 Å². The third-order valence-electron chi connectivity index (χ3n) is 6.50. The second-order valence-electron chi connectivity index (χ2n) is 8.31. The van der Waals surface area contributed by atoms with Crippen molar-refractivity contribution in [3.05, 3.63) is 41.1 Å². The number of hydrogen-bond acceptors (Lipinski definition) is 6. The highest BCUT2D eigenvalue weighted by molar-refractivity contribution is 5.95. The zero-order chi connectivity index (χ0) is 22.0. The number of esters is 2. The summed E-state index contributed by atoms with van der Waals surface area (Å²) in [6.07, 6.45) is 4.23. The summed E-state index contributed by atoms with van der Waals surface area (Å²) in [5.41, 5.74) is 1.17. The second kappa shape index (κ2) is 8.99. The third kappa shape index (κ3) is 4.38. The first-order valence-electron chi connectivity index (χ1n) is 10.8. The zero-order valence-corrected chi connectivity index (χ0v) is 17.8. The number of urea groups is 1. The number of rotatable bonds is 7.